The van der Waals surface area contributed by atoms with Crippen LogP contribution in [0.5, 0.6) is 0 Å². The van der Waals surface area contributed by atoms with E-state index in [0.717, 1.165) is 43.2 Å². The third-order valence-corrected chi connectivity index (χ3v) is 6.72. The van der Waals surface area contributed by atoms with E-state index in [0.29, 0.717) is 26.2 Å². The minimum atomic E-state index is -0.282. The van der Waals surface area contributed by atoms with Gasteiger partial charge in [0.1, 0.15) is 0 Å². The first-order valence-corrected chi connectivity index (χ1v) is 11.7. The van der Waals surface area contributed by atoms with Gasteiger partial charge in [-0.3, -0.25) is 10.1 Å². The highest BCUT2D eigenvalue weighted by Crippen LogP contribution is 2.48. The lowest BCUT2D eigenvalue weighted by Gasteiger charge is -2.25. The van der Waals surface area contributed by atoms with E-state index >= 15 is 0 Å². The lowest BCUT2D eigenvalue weighted by molar-refractivity contribution is -0.385. The molecule has 33 heavy (non-hydrogen) atoms. The van der Waals surface area contributed by atoms with Crippen LogP contribution in [0.3, 0.4) is 0 Å². The Kier molecular flexibility index (Phi) is 9.04. The quantitative estimate of drug-likeness (QED) is 0.0603. The van der Waals surface area contributed by atoms with Crippen LogP contribution in [0.1, 0.15) is 62.5 Å². The molecular weight excluding hydrogens is 416 g/mol. The zero-order valence-corrected chi connectivity index (χ0v) is 19.2. The topological polar surface area (TPSA) is 101 Å². The monoisotopic (exact) mass is 448 g/mol. The second kappa shape index (κ2) is 12.2. The summed E-state index contributed by atoms with van der Waals surface area (Å²) >= 11 is 0. The van der Waals surface area contributed by atoms with Crippen LogP contribution in [0.15, 0.2) is 71.4 Å². The Labute approximate surface area is 195 Å². The van der Waals surface area contributed by atoms with E-state index in [1.807, 2.05) is 42.5 Å². The van der Waals surface area contributed by atoms with Gasteiger partial charge in [0.05, 0.1) is 11.5 Å². The van der Waals surface area contributed by atoms with Crippen molar-refractivity contribution in [3.8, 4) is 0 Å². The molecule has 0 heterocycles. The zero-order chi connectivity index (χ0) is 23.5. The zero-order valence-electron chi connectivity index (χ0n) is 19.2. The molecule has 7 heteroatoms. The first-order chi connectivity index (χ1) is 16.1. The molecule has 0 spiro atoms. The van der Waals surface area contributed by atoms with Gasteiger partial charge in [-0.15, -0.1) is 0 Å². The van der Waals surface area contributed by atoms with Crippen LogP contribution in [0.2, 0.25) is 0 Å². The van der Waals surface area contributed by atoms with Crippen molar-refractivity contribution in [3.63, 3.8) is 0 Å². The number of ether oxygens (including phenoxy) is 1. The number of allylic oxidation sites excluding steroid dienone is 2. The molecule has 0 aliphatic heterocycles. The van der Waals surface area contributed by atoms with E-state index in [1.54, 1.807) is 12.1 Å². The molecule has 0 N–H and O–H groups in total. The van der Waals surface area contributed by atoms with Gasteiger partial charge in [-0.1, -0.05) is 72.2 Å². The molecule has 1 aliphatic rings. The van der Waals surface area contributed by atoms with Gasteiger partial charge in [-0.05, 0) is 55.0 Å². The molecule has 0 aromatic heterocycles. The number of para-hydroxylation sites is 1. The van der Waals surface area contributed by atoms with Crippen molar-refractivity contribution in [2.75, 3.05) is 13.2 Å². The third-order valence-electron chi connectivity index (χ3n) is 6.72. The van der Waals surface area contributed by atoms with Crippen molar-refractivity contribution in [3.05, 3.63) is 97.9 Å². The second-order valence-corrected chi connectivity index (χ2v) is 8.69. The molecule has 174 valence electrons. The number of benzene rings is 2. The molecule has 0 saturated carbocycles. The number of nitrogens with zero attached hydrogens (tertiary/aromatic N) is 4. The lowest BCUT2D eigenvalue weighted by Crippen LogP contribution is -2.14. The highest BCUT2D eigenvalue weighted by Gasteiger charge is 2.35. The number of hydrogen-bond acceptors (Lipinski definition) is 4. The maximum Gasteiger partial charge on any atom is 0.273 e. The Morgan fingerprint density at radius 2 is 1.97 bits per heavy atom. The summed E-state index contributed by atoms with van der Waals surface area (Å²) in [4.78, 5) is 14.3. The summed E-state index contributed by atoms with van der Waals surface area (Å²) in [5.41, 5.74) is 11.9. The van der Waals surface area contributed by atoms with Crippen LogP contribution in [0.4, 0.5) is 5.69 Å². The summed E-state index contributed by atoms with van der Waals surface area (Å²) < 4.78 is 5.96. The smallest absolute Gasteiger partial charge is 0.273 e. The molecule has 0 bridgehead atoms. The molecule has 1 aliphatic carbocycles. The number of azide groups is 1. The van der Waals surface area contributed by atoms with Crippen LogP contribution >= 0.6 is 0 Å². The SMILES string of the molecule is CCC1(CCCN=[N+]=[N-])C=C(C(CCOCc2ccccc2)c2ccccc2[N+](=O)[O-])CC1. The minimum absolute atomic E-state index is 0.0482. The van der Waals surface area contributed by atoms with Gasteiger partial charge >= 0.3 is 0 Å². The maximum absolute atomic E-state index is 11.8. The van der Waals surface area contributed by atoms with Crippen molar-refractivity contribution in [2.24, 2.45) is 10.5 Å². The van der Waals surface area contributed by atoms with Crippen molar-refractivity contribution >= 4 is 5.69 Å². The molecule has 2 unspecified atom stereocenters. The standard InChI is InChI=1S/C26H32N4O3/c1-2-26(15-8-17-28-29-27)16-13-22(19-26)23(24-11-6-7-12-25(24)30(31)32)14-18-33-20-21-9-4-3-5-10-21/h3-7,9-12,19,23H,2,8,13-18,20H2,1H3. The largest absolute Gasteiger partial charge is 0.377 e. The number of hydrogen-bond donors (Lipinski definition) is 0. The fourth-order valence-electron chi connectivity index (χ4n) is 4.86. The van der Waals surface area contributed by atoms with Gasteiger partial charge in [-0.25, -0.2) is 0 Å². The van der Waals surface area contributed by atoms with Crippen molar-refractivity contribution in [1.29, 1.82) is 0 Å². The van der Waals surface area contributed by atoms with Crippen LogP contribution in [0.25, 0.3) is 10.4 Å². The van der Waals surface area contributed by atoms with E-state index in [-0.39, 0.29) is 21.9 Å². The van der Waals surface area contributed by atoms with Gasteiger partial charge in [0.15, 0.2) is 0 Å². The average Bonchev–Trinajstić information content (AvgIpc) is 3.27. The van der Waals surface area contributed by atoms with E-state index < -0.39 is 0 Å². The van der Waals surface area contributed by atoms with Gasteiger partial charge in [0.2, 0.25) is 0 Å². The molecule has 2 aromatic rings. The molecule has 3 rings (SSSR count). The summed E-state index contributed by atoms with van der Waals surface area (Å²) in [6, 6.07) is 17.1. The van der Waals surface area contributed by atoms with Crippen LogP contribution in [-0.4, -0.2) is 18.1 Å². The number of nitro benzene ring substituents is 1. The Morgan fingerprint density at radius 1 is 1.21 bits per heavy atom. The highest BCUT2D eigenvalue weighted by atomic mass is 16.6. The van der Waals surface area contributed by atoms with Crippen LogP contribution in [0, 0.1) is 15.5 Å². The molecular formula is C26H32N4O3. The van der Waals surface area contributed by atoms with Gasteiger partial charge in [0, 0.05) is 35.6 Å². The normalized spacial score (nSPS) is 18.4. The predicted molar refractivity (Wildman–Crippen MR) is 130 cm³/mol. The Hall–Kier alpha value is -3.15. The van der Waals surface area contributed by atoms with Gasteiger partial charge < -0.3 is 4.74 Å². The molecule has 0 saturated heterocycles. The van der Waals surface area contributed by atoms with Gasteiger partial charge in [0.25, 0.3) is 5.69 Å². The van der Waals surface area contributed by atoms with E-state index in [4.69, 9.17) is 10.3 Å². The molecule has 7 nitrogen and oxygen atoms in total. The minimum Gasteiger partial charge on any atom is -0.377 e. The van der Waals surface area contributed by atoms with E-state index in [9.17, 15) is 10.1 Å². The third kappa shape index (κ3) is 6.67. The fraction of sp³-hybridized carbons (Fsp3) is 0.462. The average molecular weight is 449 g/mol. The number of rotatable bonds is 13. The summed E-state index contributed by atoms with van der Waals surface area (Å²) in [6.45, 7) is 3.75. The predicted octanol–water partition coefficient (Wildman–Crippen LogP) is 7.49. The van der Waals surface area contributed by atoms with Crippen molar-refractivity contribution in [1.82, 2.24) is 0 Å². The summed E-state index contributed by atoms with van der Waals surface area (Å²) in [6.07, 6.45) is 7.81. The molecule has 2 aromatic carbocycles. The first-order valence-electron chi connectivity index (χ1n) is 11.7. The summed E-state index contributed by atoms with van der Waals surface area (Å²) in [7, 11) is 0. The first kappa shape index (κ1) is 24.5. The van der Waals surface area contributed by atoms with Crippen molar-refractivity contribution < 1.29 is 9.66 Å². The van der Waals surface area contributed by atoms with E-state index in [2.05, 4.69) is 23.0 Å². The van der Waals surface area contributed by atoms with Crippen molar-refractivity contribution in [2.45, 2.75) is 58.0 Å². The van der Waals surface area contributed by atoms with Gasteiger partial charge in [-0.2, -0.15) is 0 Å². The number of nitro groups is 1. The Balaban J connectivity index is 1.79. The molecule has 2 atom stereocenters. The van der Waals surface area contributed by atoms with Crippen LogP contribution in [-0.2, 0) is 11.3 Å². The maximum atomic E-state index is 11.8. The van der Waals surface area contributed by atoms with Crippen LogP contribution < -0.4 is 0 Å². The Bertz CT molecular complexity index is 1000. The summed E-state index contributed by atoms with van der Waals surface area (Å²) in [5.74, 6) is -0.0482. The van der Waals surface area contributed by atoms with E-state index in [1.165, 1.54) is 5.57 Å². The summed E-state index contributed by atoms with van der Waals surface area (Å²) in [5, 5.41) is 15.4. The molecule has 0 fully saturated rings. The second-order valence-electron chi connectivity index (χ2n) is 8.69. The highest BCUT2D eigenvalue weighted by molar-refractivity contribution is 5.46. The lowest BCUT2D eigenvalue weighted by atomic mass is 9.80. The molecule has 0 amide bonds. The Morgan fingerprint density at radius 3 is 2.70 bits per heavy atom. The fourth-order valence-corrected chi connectivity index (χ4v) is 4.86. The molecule has 0 radical (unpaired) electrons.